The van der Waals surface area contributed by atoms with Crippen molar-refractivity contribution in [3.8, 4) is 0 Å². The standard InChI is InChI=1S/C12H22N2O2/c1-3-11(12(15)16-2)5-7-14-6-4-10(8-13)9-14/h5,10H,3-4,6-9,13H2,1-2H3. The first-order valence-corrected chi connectivity index (χ1v) is 5.91. The molecule has 1 unspecified atom stereocenters. The number of likely N-dealkylation sites (tertiary alicyclic amines) is 1. The number of nitrogens with zero attached hydrogens (tertiary/aromatic N) is 1. The van der Waals surface area contributed by atoms with E-state index in [9.17, 15) is 4.79 Å². The second-order valence-electron chi connectivity index (χ2n) is 4.22. The molecule has 4 heteroatoms. The van der Waals surface area contributed by atoms with Crippen LogP contribution in [0.2, 0.25) is 0 Å². The Kier molecular flexibility index (Phi) is 5.49. The Morgan fingerprint density at radius 2 is 2.38 bits per heavy atom. The molecule has 0 radical (unpaired) electrons. The van der Waals surface area contributed by atoms with Crippen LogP contribution in [-0.4, -0.2) is 44.2 Å². The van der Waals surface area contributed by atoms with Crippen molar-refractivity contribution in [3.05, 3.63) is 11.6 Å². The molecule has 4 nitrogen and oxygen atoms in total. The Morgan fingerprint density at radius 1 is 1.62 bits per heavy atom. The van der Waals surface area contributed by atoms with Crippen molar-refractivity contribution in [1.82, 2.24) is 4.90 Å². The Bertz CT molecular complexity index is 264. The average Bonchev–Trinajstić information content (AvgIpc) is 2.77. The summed E-state index contributed by atoms with van der Waals surface area (Å²) in [4.78, 5) is 13.7. The van der Waals surface area contributed by atoms with Gasteiger partial charge in [-0.2, -0.15) is 0 Å². The molecule has 1 aliphatic heterocycles. The van der Waals surface area contributed by atoms with E-state index in [2.05, 4.69) is 4.90 Å². The van der Waals surface area contributed by atoms with Crippen LogP contribution in [0.5, 0.6) is 0 Å². The summed E-state index contributed by atoms with van der Waals surface area (Å²) in [6.45, 7) is 5.68. The molecule has 16 heavy (non-hydrogen) atoms. The molecule has 92 valence electrons. The van der Waals surface area contributed by atoms with Gasteiger partial charge in [0.15, 0.2) is 0 Å². The SMILES string of the molecule is CCC(=CCN1CCC(CN)C1)C(=O)OC. The van der Waals surface area contributed by atoms with Crippen LogP contribution in [0.4, 0.5) is 0 Å². The maximum atomic E-state index is 11.3. The van der Waals surface area contributed by atoms with Gasteiger partial charge in [0.2, 0.25) is 0 Å². The van der Waals surface area contributed by atoms with Gasteiger partial charge in [0.25, 0.3) is 0 Å². The molecule has 2 N–H and O–H groups in total. The molecule has 1 saturated heterocycles. The second kappa shape index (κ2) is 6.66. The Morgan fingerprint density at radius 3 is 2.88 bits per heavy atom. The third kappa shape index (κ3) is 3.61. The first-order valence-electron chi connectivity index (χ1n) is 5.91. The lowest BCUT2D eigenvalue weighted by Crippen LogP contribution is -2.23. The summed E-state index contributed by atoms with van der Waals surface area (Å²) in [5, 5.41) is 0. The predicted octanol–water partition coefficient (Wildman–Crippen LogP) is 0.776. The minimum Gasteiger partial charge on any atom is -0.466 e. The number of esters is 1. The first-order chi connectivity index (χ1) is 7.71. The van der Waals surface area contributed by atoms with Crippen molar-refractivity contribution in [3.63, 3.8) is 0 Å². The number of rotatable bonds is 5. The Hall–Kier alpha value is -0.870. The zero-order valence-corrected chi connectivity index (χ0v) is 10.2. The van der Waals surface area contributed by atoms with Gasteiger partial charge in [-0.15, -0.1) is 0 Å². The van der Waals surface area contributed by atoms with Gasteiger partial charge >= 0.3 is 5.97 Å². The smallest absolute Gasteiger partial charge is 0.333 e. The molecule has 1 fully saturated rings. The fourth-order valence-corrected chi connectivity index (χ4v) is 2.01. The van der Waals surface area contributed by atoms with E-state index in [0.29, 0.717) is 5.92 Å². The fraction of sp³-hybridized carbons (Fsp3) is 0.750. The normalized spacial score (nSPS) is 22.4. The molecule has 0 amide bonds. The largest absolute Gasteiger partial charge is 0.466 e. The summed E-state index contributed by atoms with van der Waals surface area (Å²) >= 11 is 0. The van der Waals surface area contributed by atoms with E-state index in [-0.39, 0.29) is 5.97 Å². The molecule has 1 heterocycles. The minimum absolute atomic E-state index is 0.211. The highest BCUT2D eigenvalue weighted by Gasteiger charge is 2.20. The Balaban J connectivity index is 2.42. The highest BCUT2D eigenvalue weighted by atomic mass is 16.5. The monoisotopic (exact) mass is 226 g/mol. The molecular formula is C12H22N2O2. The van der Waals surface area contributed by atoms with E-state index < -0.39 is 0 Å². The first kappa shape index (κ1) is 13.2. The lowest BCUT2D eigenvalue weighted by Gasteiger charge is -2.13. The highest BCUT2D eigenvalue weighted by molar-refractivity contribution is 5.88. The van der Waals surface area contributed by atoms with Gasteiger partial charge in [0.05, 0.1) is 7.11 Å². The van der Waals surface area contributed by atoms with Gasteiger partial charge in [-0.1, -0.05) is 13.0 Å². The van der Waals surface area contributed by atoms with E-state index in [1.54, 1.807) is 0 Å². The van der Waals surface area contributed by atoms with Crippen molar-refractivity contribution in [2.45, 2.75) is 19.8 Å². The number of nitrogens with two attached hydrogens (primary N) is 1. The van der Waals surface area contributed by atoms with Gasteiger partial charge in [-0.3, -0.25) is 4.90 Å². The topological polar surface area (TPSA) is 55.6 Å². The molecule has 1 aliphatic rings. The number of methoxy groups -OCH3 is 1. The van der Waals surface area contributed by atoms with Crippen LogP contribution in [0, 0.1) is 5.92 Å². The molecule has 0 spiro atoms. The summed E-state index contributed by atoms with van der Waals surface area (Å²) in [5.41, 5.74) is 6.39. The molecule has 0 aliphatic carbocycles. The van der Waals surface area contributed by atoms with Crippen LogP contribution in [-0.2, 0) is 9.53 Å². The average molecular weight is 226 g/mol. The van der Waals surface area contributed by atoms with Crippen LogP contribution in [0.1, 0.15) is 19.8 Å². The zero-order chi connectivity index (χ0) is 12.0. The summed E-state index contributed by atoms with van der Waals surface area (Å²) in [7, 11) is 1.42. The molecule has 0 aromatic heterocycles. The van der Waals surface area contributed by atoms with E-state index >= 15 is 0 Å². The van der Waals surface area contributed by atoms with Crippen molar-refractivity contribution >= 4 is 5.97 Å². The van der Waals surface area contributed by atoms with Gasteiger partial charge in [0, 0.05) is 18.7 Å². The van der Waals surface area contributed by atoms with Crippen LogP contribution in [0.15, 0.2) is 11.6 Å². The lowest BCUT2D eigenvalue weighted by atomic mass is 10.1. The fourth-order valence-electron chi connectivity index (χ4n) is 2.01. The van der Waals surface area contributed by atoms with Crippen LogP contribution in [0.25, 0.3) is 0 Å². The highest BCUT2D eigenvalue weighted by Crippen LogP contribution is 2.15. The van der Waals surface area contributed by atoms with Crippen molar-refractivity contribution < 1.29 is 9.53 Å². The Labute approximate surface area is 97.4 Å². The minimum atomic E-state index is -0.211. The molecular weight excluding hydrogens is 204 g/mol. The molecule has 1 atom stereocenters. The molecule has 0 saturated carbocycles. The van der Waals surface area contributed by atoms with E-state index in [0.717, 1.165) is 38.2 Å². The summed E-state index contributed by atoms with van der Waals surface area (Å²) in [6, 6.07) is 0. The number of carbonyl (C=O) groups is 1. The van der Waals surface area contributed by atoms with Crippen LogP contribution in [0.3, 0.4) is 0 Å². The van der Waals surface area contributed by atoms with Crippen molar-refractivity contribution in [2.75, 3.05) is 33.3 Å². The summed E-state index contributed by atoms with van der Waals surface area (Å²) < 4.78 is 4.71. The van der Waals surface area contributed by atoms with Crippen LogP contribution >= 0.6 is 0 Å². The van der Waals surface area contributed by atoms with Gasteiger partial charge in [-0.25, -0.2) is 4.79 Å². The molecule has 1 rings (SSSR count). The molecule has 0 bridgehead atoms. The zero-order valence-electron chi connectivity index (χ0n) is 10.2. The predicted molar refractivity (Wildman–Crippen MR) is 64.0 cm³/mol. The van der Waals surface area contributed by atoms with E-state index in [1.165, 1.54) is 13.5 Å². The van der Waals surface area contributed by atoms with Gasteiger partial charge < -0.3 is 10.5 Å². The summed E-state index contributed by atoms with van der Waals surface area (Å²) in [5.74, 6) is 0.411. The summed E-state index contributed by atoms with van der Waals surface area (Å²) in [6.07, 6.45) is 3.87. The lowest BCUT2D eigenvalue weighted by molar-refractivity contribution is -0.136. The maximum absolute atomic E-state index is 11.3. The van der Waals surface area contributed by atoms with Gasteiger partial charge in [-0.05, 0) is 31.8 Å². The number of ether oxygens (including phenoxy) is 1. The quantitative estimate of drug-likeness (QED) is 0.556. The number of carbonyl (C=O) groups excluding carboxylic acids is 1. The van der Waals surface area contributed by atoms with Crippen LogP contribution < -0.4 is 5.73 Å². The molecule has 0 aromatic carbocycles. The maximum Gasteiger partial charge on any atom is 0.333 e. The van der Waals surface area contributed by atoms with Gasteiger partial charge in [0.1, 0.15) is 0 Å². The van der Waals surface area contributed by atoms with E-state index in [4.69, 9.17) is 10.5 Å². The third-order valence-corrected chi connectivity index (χ3v) is 3.13. The van der Waals surface area contributed by atoms with Crippen molar-refractivity contribution in [1.29, 1.82) is 0 Å². The van der Waals surface area contributed by atoms with Crippen molar-refractivity contribution in [2.24, 2.45) is 11.7 Å². The van der Waals surface area contributed by atoms with E-state index in [1.807, 2.05) is 13.0 Å². The second-order valence-corrected chi connectivity index (χ2v) is 4.22. The number of hydrogen-bond donors (Lipinski definition) is 1. The number of hydrogen-bond acceptors (Lipinski definition) is 4. The third-order valence-electron chi connectivity index (χ3n) is 3.13. The molecule has 0 aromatic rings.